The highest BCUT2D eigenvalue weighted by Gasteiger charge is 2.26. The minimum Gasteiger partial charge on any atom is -0.462 e. The Labute approximate surface area is 387 Å². The summed E-state index contributed by atoms with van der Waals surface area (Å²) < 4.78 is 32.9. The molecule has 2 atom stereocenters. The Hall–Kier alpha value is -2.03. The molecule has 0 aliphatic heterocycles. The van der Waals surface area contributed by atoms with Gasteiger partial charge < -0.3 is 20.1 Å². The van der Waals surface area contributed by atoms with Crippen molar-refractivity contribution in [2.24, 2.45) is 5.73 Å². The Morgan fingerprint density at radius 2 is 0.825 bits per heavy atom. The van der Waals surface area contributed by atoms with Crippen molar-refractivity contribution in [3.63, 3.8) is 0 Å². The van der Waals surface area contributed by atoms with Crippen LogP contribution in [0.2, 0.25) is 0 Å². The molecule has 9 nitrogen and oxygen atoms in total. The quantitative estimate of drug-likeness (QED) is 0.0265. The first-order valence-corrected chi connectivity index (χ1v) is 27.6. The molecule has 0 spiro atoms. The number of unbranched alkanes of at least 4 members (excludes halogenated alkanes) is 28. The molecule has 0 amide bonds. The van der Waals surface area contributed by atoms with E-state index < -0.39 is 26.5 Å². The molecule has 0 saturated carbocycles. The summed E-state index contributed by atoms with van der Waals surface area (Å²) in [4.78, 5) is 35.1. The molecule has 2 unspecified atom stereocenters. The minimum atomic E-state index is -4.39. The van der Waals surface area contributed by atoms with E-state index in [1.807, 2.05) is 0 Å². The molecular formula is C53H98NO8P. The van der Waals surface area contributed by atoms with Gasteiger partial charge in [-0.25, -0.2) is 4.57 Å². The summed E-state index contributed by atoms with van der Waals surface area (Å²) >= 11 is 0. The third-order valence-corrected chi connectivity index (χ3v) is 12.2. The Morgan fingerprint density at radius 3 is 1.27 bits per heavy atom. The zero-order chi connectivity index (χ0) is 46.0. The summed E-state index contributed by atoms with van der Waals surface area (Å²) in [5, 5.41) is 0. The molecule has 0 aliphatic rings. The van der Waals surface area contributed by atoms with Gasteiger partial charge in [-0.2, -0.15) is 0 Å². The van der Waals surface area contributed by atoms with Crippen molar-refractivity contribution in [2.75, 3.05) is 26.4 Å². The average Bonchev–Trinajstić information content (AvgIpc) is 3.27. The van der Waals surface area contributed by atoms with E-state index in [2.05, 4.69) is 62.5 Å². The Bertz CT molecular complexity index is 1170. The van der Waals surface area contributed by atoms with Crippen LogP contribution in [0.3, 0.4) is 0 Å². The summed E-state index contributed by atoms with van der Waals surface area (Å²) in [6.07, 6.45) is 58.6. The maximum Gasteiger partial charge on any atom is 0.472 e. The molecule has 3 N–H and O–H groups in total. The second-order valence-electron chi connectivity index (χ2n) is 17.4. The number of ether oxygens (including phenoxy) is 2. The average molecular weight is 908 g/mol. The van der Waals surface area contributed by atoms with E-state index in [1.54, 1.807) is 0 Å². The standard InChI is InChI=1S/C53H98NO8P/c1-3-5-7-9-11-13-15-17-19-21-23-24-25-26-28-29-31-33-35-37-39-41-43-45-52(55)59-49-51(50-61-63(57,58)60-48-47-54)62-53(56)46-44-42-40-38-36-34-32-30-27-22-20-18-16-14-12-10-8-6-4-2/h12,14,18,20-21,23,27,30,51H,3-11,13,15-17,19,22,24-26,28-29,31-50,54H2,1-2H3,(H,57,58)/b14-12-,20-18-,23-21-,30-27-. The van der Waals surface area contributed by atoms with Gasteiger partial charge in [0.1, 0.15) is 6.61 Å². The van der Waals surface area contributed by atoms with Crippen LogP contribution in [-0.4, -0.2) is 49.3 Å². The van der Waals surface area contributed by atoms with Crippen molar-refractivity contribution in [2.45, 2.75) is 251 Å². The van der Waals surface area contributed by atoms with Crippen molar-refractivity contribution < 1.29 is 37.6 Å². The predicted molar refractivity (Wildman–Crippen MR) is 266 cm³/mol. The van der Waals surface area contributed by atoms with Crippen molar-refractivity contribution >= 4 is 19.8 Å². The molecule has 0 bridgehead atoms. The summed E-state index contributed by atoms with van der Waals surface area (Å²) in [6, 6.07) is 0. The molecule has 0 aromatic heterocycles. The van der Waals surface area contributed by atoms with Gasteiger partial charge in [0.05, 0.1) is 13.2 Å². The maximum atomic E-state index is 12.6. The Balaban J connectivity index is 4.04. The van der Waals surface area contributed by atoms with Crippen LogP contribution >= 0.6 is 7.82 Å². The van der Waals surface area contributed by atoms with Gasteiger partial charge in [-0.15, -0.1) is 0 Å². The molecule has 0 saturated heterocycles. The summed E-state index contributed by atoms with van der Waals surface area (Å²) in [7, 11) is -4.39. The first-order valence-electron chi connectivity index (χ1n) is 26.1. The molecule has 0 rings (SSSR count). The Morgan fingerprint density at radius 1 is 0.476 bits per heavy atom. The smallest absolute Gasteiger partial charge is 0.462 e. The molecule has 63 heavy (non-hydrogen) atoms. The fourth-order valence-corrected chi connectivity index (χ4v) is 8.05. The molecule has 0 heterocycles. The van der Waals surface area contributed by atoms with Crippen LogP contribution in [0, 0.1) is 0 Å². The van der Waals surface area contributed by atoms with Crippen molar-refractivity contribution in [1.82, 2.24) is 0 Å². The number of rotatable bonds is 49. The highest BCUT2D eigenvalue weighted by Crippen LogP contribution is 2.43. The molecular weight excluding hydrogens is 810 g/mol. The molecule has 0 aromatic carbocycles. The SMILES string of the molecule is CCCCC/C=C\C/C=C\C/C=C\CCCCCCCCC(=O)OC(COC(=O)CCCCCCCCCCCCC/C=C\CCCCCCCCCC)COP(=O)(O)OCCN. The molecule has 10 heteroatoms. The molecule has 0 aromatic rings. The van der Waals surface area contributed by atoms with Crippen LogP contribution in [0.5, 0.6) is 0 Å². The van der Waals surface area contributed by atoms with Gasteiger partial charge in [-0.1, -0.05) is 204 Å². The summed E-state index contributed by atoms with van der Waals surface area (Å²) in [6.45, 7) is 3.72. The zero-order valence-corrected chi connectivity index (χ0v) is 41.7. The lowest BCUT2D eigenvalue weighted by Crippen LogP contribution is -2.29. The van der Waals surface area contributed by atoms with E-state index in [4.69, 9.17) is 24.3 Å². The van der Waals surface area contributed by atoms with Crippen LogP contribution in [0.1, 0.15) is 245 Å². The second kappa shape index (κ2) is 49.4. The number of nitrogens with two attached hydrogens (primary N) is 1. The number of hydrogen-bond donors (Lipinski definition) is 2. The lowest BCUT2D eigenvalue weighted by Gasteiger charge is -2.19. The van der Waals surface area contributed by atoms with E-state index in [0.717, 1.165) is 70.6 Å². The van der Waals surface area contributed by atoms with E-state index in [-0.39, 0.29) is 38.6 Å². The van der Waals surface area contributed by atoms with Crippen LogP contribution < -0.4 is 5.73 Å². The van der Waals surface area contributed by atoms with Crippen LogP contribution in [0.25, 0.3) is 0 Å². The van der Waals surface area contributed by atoms with Gasteiger partial charge in [0.25, 0.3) is 0 Å². The maximum absolute atomic E-state index is 12.6. The van der Waals surface area contributed by atoms with E-state index in [9.17, 15) is 19.0 Å². The highest BCUT2D eigenvalue weighted by atomic mass is 31.2. The lowest BCUT2D eigenvalue weighted by atomic mass is 10.0. The van der Waals surface area contributed by atoms with Gasteiger partial charge >= 0.3 is 19.8 Å². The summed E-state index contributed by atoms with van der Waals surface area (Å²) in [5.41, 5.74) is 5.37. The molecule has 0 radical (unpaired) electrons. The normalized spacial score (nSPS) is 13.5. The fraction of sp³-hybridized carbons (Fsp3) is 0.811. The van der Waals surface area contributed by atoms with E-state index in [1.165, 1.54) is 141 Å². The number of carbonyl (C=O) groups excluding carboxylic acids is 2. The van der Waals surface area contributed by atoms with Crippen LogP contribution in [0.15, 0.2) is 48.6 Å². The lowest BCUT2D eigenvalue weighted by molar-refractivity contribution is -0.161. The highest BCUT2D eigenvalue weighted by molar-refractivity contribution is 7.47. The van der Waals surface area contributed by atoms with E-state index >= 15 is 0 Å². The van der Waals surface area contributed by atoms with Gasteiger partial charge in [0, 0.05) is 19.4 Å². The number of carbonyl (C=O) groups is 2. The topological polar surface area (TPSA) is 134 Å². The summed E-state index contributed by atoms with van der Waals surface area (Å²) in [5.74, 6) is -0.838. The zero-order valence-electron chi connectivity index (χ0n) is 40.8. The van der Waals surface area contributed by atoms with Gasteiger partial charge in [-0.3, -0.25) is 18.6 Å². The molecule has 0 fully saturated rings. The van der Waals surface area contributed by atoms with Gasteiger partial charge in [0.15, 0.2) is 6.10 Å². The number of esters is 2. The van der Waals surface area contributed by atoms with E-state index in [0.29, 0.717) is 6.42 Å². The van der Waals surface area contributed by atoms with Crippen molar-refractivity contribution in [3.05, 3.63) is 48.6 Å². The first-order chi connectivity index (χ1) is 30.8. The Kier molecular flexibility index (Phi) is 47.8. The van der Waals surface area contributed by atoms with Crippen molar-refractivity contribution in [1.29, 1.82) is 0 Å². The minimum absolute atomic E-state index is 0.0501. The van der Waals surface area contributed by atoms with Crippen molar-refractivity contribution in [3.8, 4) is 0 Å². The van der Waals surface area contributed by atoms with Crippen LogP contribution in [0.4, 0.5) is 0 Å². The number of phosphoric ester groups is 1. The van der Waals surface area contributed by atoms with Gasteiger partial charge in [0.2, 0.25) is 0 Å². The third-order valence-electron chi connectivity index (χ3n) is 11.2. The number of allylic oxidation sites excluding steroid dienone is 8. The molecule has 368 valence electrons. The monoisotopic (exact) mass is 908 g/mol. The second-order valence-corrected chi connectivity index (χ2v) is 18.8. The third kappa shape index (κ3) is 49.2. The van der Waals surface area contributed by atoms with Gasteiger partial charge in [-0.05, 0) is 77.0 Å². The van der Waals surface area contributed by atoms with Crippen LogP contribution in [-0.2, 0) is 32.7 Å². The molecule has 0 aliphatic carbocycles. The predicted octanol–water partition coefficient (Wildman–Crippen LogP) is 15.8. The fourth-order valence-electron chi connectivity index (χ4n) is 7.28. The first kappa shape index (κ1) is 61.0. The largest absolute Gasteiger partial charge is 0.472 e. The number of phosphoric acid groups is 1. The number of hydrogen-bond acceptors (Lipinski definition) is 8.